The molecule has 1 heterocycles. The predicted molar refractivity (Wildman–Crippen MR) is 90.1 cm³/mol. The Morgan fingerprint density at radius 1 is 0.880 bits per heavy atom. The Hall–Kier alpha value is -0.901. The van der Waals surface area contributed by atoms with Gasteiger partial charge in [-0.1, -0.05) is 11.1 Å². The summed E-state index contributed by atoms with van der Waals surface area (Å²) in [6, 6.07) is 0. The van der Waals surface area contributed by atoms with Crippen LogP contribution in [0.15, 0.2) is 22.3 Å². The Kier molecular flexibility index (Phi) is 9.12. The first-order chi connectivity index (χ1) is 11.5. The first-order valence-corrected chi connectivity index (χ1v) is 7.58. The molecule has 0 atom stereocenters. The van der Waals surface area contributed by atoms with E-state index in [4.69, 9.17) is 9.47 Å². The van der Waals surface area contributed by atoms with E-state index in [1.807, 2.05) is 51.4 Å². The molecular weight excluding hydrogens is 360 g/mol. The van der Waals surface area contributed by atoms with Gasteiger partial charge in [-0.05, 0) is 59.3 Å². The molecule has 0 bridgehead atoms. The Bertz CT molecular complexity index is 546. The molecule has 0 amide bonds. The minimum Gasteiger partial charge on any atom is -0.386 e. The van der Waals surface area contributed by atoms with Gasteiger partial charge in [0.2, 0.25) is 0 Å². The van der Waals surface area contributed by atoms with E-state index >= 15 is 0 Å². The third-order valence-electron chi connectivity index (χ3n) is 3.67. The molecule has 4 nitrogen and oxygen atoms in total. The number of methoxy groups -OCH3 is 1. The summed E-state index contributed by atoms with van der Waals surface area (Å²) in [5.41, 5.74) is 2.19. The normalized spacial score (nSPS) is 23.1. The molecule has 2 saturated carbocycles. The van der Waals surface area contributed by atoms with Crippen LogP contribution >= 0.6 is 0 Å². The van der Waals surface area contributed by atoms with E-state index in [1.165, 1.54) is 0 Å². The molecule has 0 aromatic heterocycles. The number of esters is 2. The maximum Gasteiger partial charge on any atom is 0.346 e. The summed E-state index contributed by atoms with van der Waals surface area (Å²) in [6.07, 6.45) is 16.2. The molecule has 2 aliphatic carbocycles. The van der Waals surface area contributed by atoms with Crippen LogP contribution in [0, 0.1) is 63.4 Å². The summed E-state index contributed by atoms with van der Waals surface area (Å²) in [5, 5.41) is 0. The topological polar surface area (TPSA) is 52.6 Å². The first-order valence-electron chi connectivity index (χ1n) is 7.58. The summed E-state index contributed by atoms with van der Waals surface area (Å²) in [6.45, 7) is 5.37. The third-order valence-corrected chi connectivity index (χ3v) is 3.67. The molecule has 0 aromatic rings. The molecule has 3 aliphatic rings. The molecule has 1 saturated heterocycles. The molecule has 0 unspecified atom stereocenters. The average molecular weight is 380 g/mol. The molecule has 0 N–H and O–H groups in total. The molecule has 3 fully saturated rings. The summed E-state index contributed by atoms with van der Waals surface area (Å²) in [5.74, 6) is -0.311. The van der Waals surface area contributed by atoms with Gasteiger partial charge in [-0.3, -0.25) is 0 Å². The number of rotatable bonds is 2. The van der Waals surface area contributed by atoms with Gasteiger partial charge in [0, 0.05) is 42.9 Å². The summed E-state index contributed by atoms with van der Waals surface area (Å²) in [7, 11) is 1.58. The van der Waals surface area contributed by atoms with Crippen molar-refractivity contribution in [1.82, 2.24) is 0 Å². The first kappa shape index (κ1) is 22.1. The van der Waals surface area contributed by atoms with E-state index < -0.39 is 11.9 Å². The predicted octanol–water partition coefficient (Wildman–Crippen LogP) is 3.12. The second-order valence-corrected chi connectivity index (χ2v) is 5.55. The monoisotopic (exact) mass is 380 g/mol. The second-order valence-electron chi connectivity index (χ2n) is 5.55. The number of carbonyl (C=O) groups is 2. The largest absolute Gasteiger partial charge is 0.386 e. The van der Waals surface area contributed by atoms with E-state index in [-0.39, 0.29) is 17.1 Å². The van der Waals surface area contributed by atoms with Gasteiger partial charge in [0.15, 0.2) is 0 Å². The smallest absolute Gasteiger partial charge is 0.346 e. The SMILES string of the molecule is CO[C]1[CH][CH][C](/C(C)=C2/C(=O)OC(=O)C2=C(C)C)[CH]1.[CH]1[CH][CH][CH][CH]1.[Fe]. The van der Waals surface area contributed by atoms with Crippen molar-refractivity contribution in [3.8, 4) is 0 Å². The van der Waals surface area contributed by atoms with Crippen molar-refractivity contribution in [1.29, 1.82) is 0 Å². The fourth-order valence-electron chi connectivity index (χ4n) is 2.43. The number of ether oxygens (including phenoxy) is 2. The van der Waals surface area contributed by atoms with Crippen LogP contribution in [0.3, 0.4) is 0 Å². The zero-order valence-electron chi connectivity index (χ0n) is 14.6. The van der Waals surface area contributed by atoms with Gasteiger partial charge in [0.05, 0.1) is 11.1 Å². The van der Waals surface area contributed by atoms with Gasteiger partial charge in [-0.2, -0.15) is 0 Å². The van der Waals surface area contributed by atoms with E-state index in [0.717, 1.165) is 17.1 Å². The van der Waals surface area contributed by atoms with E-state index in [1.54, 1.807) is 27.9 Å². The minimum absolute atomic E-state index is 0. The standard InChI is InChI=1S/C15H15O4.C5H5.Fe/c1-8(2)12-13(15(17)19-14(12)16)9(3)10-5-6-11(7-10)18-4;1-2-4-5-3-1;/h5-7H,1-4H3;1-5H;/b13-9+;;. The van der Waals surface area contributed by atoms with Crippen LogP contribution < -0.4 is 0 Å². The number of hydrogen-bond donors (Lipinski definition) is 0. The van der Waals surface area contributed by atoms with Crippen LogP contribution in [0.5, 0.6) is 0 Å². The van der Waals surface area contributed by atoms with Gasteiger partial charge in [0.25, 0.3) is 0 Å². The third kappa shape index (κ3) is 5.54. The quantitative estimate of drug-likeness (QED) is 0.320. The summed E-state index contributed by atoms with van der Waals surface area (Å²) < 4.78 is 9.81. The van der Waals surface area contributed by atoms with Crippen LogP contribution in [-0.4, -0.2) is 19.0 Å². The van der Waals surface area contributed by atoms with Crippen molar-refractivity contribution >= 4 is 11.9 Å². The molecule has 5 heteroatoms. The fraction of sp³-hybridized carbons (Fsp3) is 0.200. The van der Waals surface area contributed by atoms with Crippen molar-refractivity contribution in [2.75, 3.05) is 7.11 Å². The van der Waals surface area contributed by atoms with E-state index in [0.29, 0.717) is 17.3 Å². The Morgan fingerprint density at radius 3 is 1.84 bits per heavy atom. The Balaban J connectivity index is 0.000000448. The summed E-state index contributed by atoms with van der Waals surface area (Å²) >= 11 is 0. The van der Waals surface area contributed by atoms with E-state index in [9.17, 15) is 9.59 Å². The molecule has 1 aliphatic heterocycles. The maximum absolute atomic E-state index is 11.8. The maximum atomic E-state index is 11.8. The van der Waals surface area contributed by atoms with Crippen molar-refractivity contribution in [2.45, 2.75) is 20.8 Å². The van der Waals surface area contributed by atoms with E-state index in [2.05, 4.69) is 0 Å². The van der Waals surface area contributed by atoms with Gasteiger partial charge < -0.3 is 9.47 Å². The van der Waals surface area contributed by atoms with Gasteiger partial charge in [-0.15, -0.1) is 0 Å². The fourth-order valence-corrected chi connectivity index (χ4v) is 2.43. The van der Waals surface area contributed by atoms with Gasteiger partial charge in [0.1, 0.15) is 6.10 Å². The Morgan fingerprint density at radius 2 is 1.40 bits per heavy atom. The molecule has 25 heavy (non-hydrogen) atoms. The number of allylic oxidation sites excluding steroid dienone is 2. The van der Waals surface area contributed by atoms with Crippen LogP contribution in [0.1, 0.15) is 20.8 Å². The van der Waals surface area contributed by atoms with Crippen molar-refractivity contribution in [2.24, 2.45) is 0 Å². The second kappa shape index (κ2) is 10.3. The van der Waals surface area contributed by atoms with Crippen LogP contribution in [0.2, 0.25) is 0 Å². The van der Waals surface area contributed by atoms with Gasteiger partial charge in [-0.25, -0.2) is 9.59 Å². The van der Waals surface area contributed by atoms with Crippen LogP contribution in [0.4, 0.5) is 0 Å². The molecule has 3 rings (SSSR count). The van der Waals surface area contributed by atoms with Crippen LogP contribution in [0.25, 0.3) is 0 Å². The zero-order chi connectivity index (χ0) is 17.7. The number of hydrogen-bond acceptors (Lipinski definition) is 4. The number of cyclic esters (lactones) is 2. The van der Waals surface area contributed by atoms with Crippen molar-refractivity contribution in [3.05, 3.63) is 85.7 Å². The Labute approximate surface area is 161 Å². The minimum atomic E-state index is -0.584. The van der Waals surface area contributed by atoms with Gasteiger partial charge >= 0.3 is 11.9 Å². The molecule has 10 radical (unpaired) electrons. The van der Waals surface area contributed by atoms with Crippen molar-refractivity contribution in [3.63, 3.8) is 0 Å². The average Bonchev–Trinajstić information content (AvgIpc) is 3.28. The van der Waals surface area contributed by atoms with Crippen molar-refractivity contribution < 1.29 is 36.1 Å². The van der Waals surface area contributed by atoms with Crippen LogP contribution in [-0.2, 0) is 36.1 Å². The molecular formula is C20H20FeO4. The molecule has 0 aromatic carbocycles. The number of carbonyl (C=O) groups excluding carboxylic acids is 2. The summed E-state index contributed by atoms with van der Waals surface area (Å²) in [4.78, 5) is 23.5. The zero-order valence-corrected chi connectivity index (χ0v) is 15.7. The molecule has 132 valence electrons. The molecule has 0 spiro atoms.